The summed E-state index contributed by atoms with van der Waals surface area (Å²) in [7, 11) is 0. The van der Waals surface area contributed by atoms with Crippen LogP contribution in [0.1, 0.15) is 56.4 Å². The standard InChI is InChI=1S/C21H27NO2/c1-3-5-7-17-8-10-18(11-9-17)21(23)15-19-12-13-20(16-22-19)24-14-6-4-2/h8-13,15-16,23H,3-7,14H2,1-2H3/b21-15+. The number of hydrogen-bond acceptors (Lipinski definition) is 3. The molecule has 1 N–H and O–H groups in total. The minimum absolute atomic E-state index is 0.226. The van der Waals surface area contributed by atoms with Gasteiger partial charge in [0.05, 0.1) is 18.5 Å². The fourth-order valence-electron chi connectivity index (χ4n) is 2.34. The molecule has 0 radical (unpaired) electrons. The third-order valence-corrected chi connectivity index (χ3v) is 3.88. The van der Waals surface area contributed by atoms with Gasteiger partial charge < -0.3 is 9.84 Å². The van der Waals surface area contributed by atoms with Gasteiger partial charge >= 0.3 is 0 Å². The van der Waals surface area contributed by atoms with Crippen LogP contribution in [-0.2, 0) is 6.42 Å². The summed E-state index contributed by atoms with van der Waals surface area (Å²) in [5.74, 6) is 0.990. The number of aliphatic hydroxyl groups excluding tert-OH is 1. The summed E-state index contributed by atoms with van der Waals surface area (Å²) in [5.41, 5.74) is 2.82. The molecule has 2 rings (SSSR count). The molecule has 0 fully saturated rings. The van der Waals surface area contributed by atoms with Crippen LogP contribution in [0.25, 0.3) is 11.8 Å². The Kier molecular flexibility index (Phi) is 7.34. The van der Waals surface area contributed by atoms with Gasteiger partial charge in [0.2, 0.25) is 0 Å². The molecule has 0 atom stereocenters. The SMILES string of the molecule is CCCCOc1ccc(/C=C(/O)c2ccc(CCCC)cc2)nc1. The lowest BCUT2D eigenvalue weighted by molar-refractivity contribution is 0.308. The van der Waals surface area contributed by atoms with Crippen molar-refractivity contribution in [1.82, 2.24) is 4.98 Å². The minimum atomic E-state index is 0.226. The molecule has 0 saturated carbocycles. The molecular weight excluding hydrogens is 298 g/mol. The lowest BCUT2D eigenvalue weighted by Gasteiger charge is -2.05. The van der Waals surface area contributed by atoms with E-state index in [9.17, 15) is 5.11 Å². The molecular formula is C21H27NO2. The van der Waals surface area contributed by atoms with Crippen molar-refractivity contribution in [1.29, 1.82) is 0 Å². The van der Waals surface area contributed by atoms with Crippen LogP contribution >= 0.6 is 0 Å². The van der Waals surface area contributed by atoms with Crippen LogP contribution in [0.5, 0.6) is 5.75 Å². The molecule has 3 heteroatoms. The van der Waals surface area contributed by atoms with E-state index in [2.05, 4.69) is 31.0 Å². The van der Waals surface area contributed by atoms with Crippen molar-refractivity contribution in [3.05, 3.63) is 59.4 Å². The molecule has 0 unspecified atom stereocenters. The molecule has 0 bridgehead atoms. The molecule has 0 aliphatic carbocycles. The van der Waals surface area contributed by atoms with Gasteiger partial charge in [0, 0.05) is 11.6 Å². The maximum atomic E-state index is 10.3. The smallest absolute Gasteiger partial charge is 0.137 e. The maximum Gasteiger partial charge on any atom is 0.137 e. The van der Waals surface area contributed by atoms with Crippen molar-refractivity contribution >= 4 is 11.8 Å². The zero-order valence-electron chi connectivity index (χ0n) is 14.7. The van der Waals surface area contributed by atoms with Crippen LogP contribution in [0.3, 0.4) is 0 Å². The Morgan fingerprint density at radius 3 is 2.42 bits per heavy atom. The molecule has 1 heterocycles. The number of hydrogen-bond donors (Lipinski definition) is 1. The Bertz CT molecular complexity index is 630. The van der Waals surface area contributed by atoms with Gasteiger partial charge in [-0.15, -0.1) is 0 Å². The fraction of sp³-hybridized carbons (Fsp3) is 0.381. The van der Waals surface area contributed by atoms with Gasteiger partial charge in [-0.05, 0) is 37.0 Å². The third-order valence-electron chi connectivity index (χ3n) is 3.88. The monoisotopic (exact) mass is 325 g/mol. The number of nitrogens with zero attached hydrogens (tertiary/aromatic N) is 1. The molecule has 0 amide bonds. The van der Waals surface area contributed by atoms with E-state index in [0.717, 1.165) is 30.6 Å². The number of ether oxygens (including phenoxy) is 1. The summed E-state index contributed by atoms with van der Waals surface area (Å²) < 4.78 is 5.59. The Balaban J connectivity index is 1.99. The van der Waals surface area contributed by atoms with E-state index in [0.29, 0.717) is 12.3 Å². The van der Waals surface area contributed by atoms with Crippen molar-refractivity contribution in [3.8, 4) is 5.75 Å². The van der Waals surface area contributed by atoms with Crippen LogP contribution in [0.15, 0.2) is 42.6 Å². The van der Waals surface area contributed by atoms with Crippen LogP contribution in [0.2, 0.25) is 0 Å². The molecule has 0 saturated heterocycles. The number of aliphatic hydroxyl groups is 1. The lowest BCUT2D eigenvalue weighted by atomic mass is 10.1. The Hall–Kier alpha value is -2.29. The highest BCUT2D eigenvalue weighted by Gasteiger charge is 2.02. The summed E-state index contributed by atoms with van der Waals surface area (Å²) in [5, 5.41) is 10.3. The summed E-state index contributed by atoms with van der Waals surface area (Å²) >= 11 is 0. The second-order valence-corrected chi connectivity index (χ2v) is 5.95. The molecule has 0 spiro atoms. The van der Waals surface area contributed by atoms with E-state index in [1.165, 1.54) is 18.4 Å². The molecule has 1 aromatic heterocycles. The molecule has 128 valence electrons. The molecule has 3 nitrogen and oxygen atoms in total. The average Bonchev–Trinajstić information content (AvgIpc) is 2.62. The molecule has 0 aliphatic heterocycles. The molecule has 24 heavy (non-hydrogen) atoms. The van der Waals surface area contributed by atoms with Crippen LogP contribution in [-0.4, -0.2) is 16.7 Å². The number of benzene rings is 1. The Morgan fingerprint density at radius 1 is 1.04 bits per heavy atom. The minimum Gasteiger partial charge on any atom is -0.507 e. The van der Waals surface area contributed by atoms with Gasteiger partial charge in [0.1, 0.15) is 11.5 Å². The topological polar surface area (TPSA) is 42.4 Å². The normalized spacial score (nSPS) is 11.5. The number of pyridine rings is 1. The van der Waals surface area contributed by atoms with E-state index in [4.69, 9.17) is 4.74 Å². The second-order valence-electron chi connectivity index (χ2n) is 5.95. The van der Waals surface area contributed by atoms with Crippen molar-refractivity contribution < 1.29 is 9.84 Å². The predicted octanol–water partition coefficient (Wildman–Crippen LogP) is 5.66. The average molecular weight is 325 g/mol. The summed E-state index contributed by atoms with van der Waals surface area (Å²) in [6, 6.07) is 11.8. The first kappa shape index (κ1) is 18.1. The van der Waals surface area contributed by atoms with Gasteiger partial charge in [0.15, 0.2) is 0 Å². The lowest BCUT2D eigenvalue weighted by Crippen LogP contribution is -1.97. The second kappa shape index (κ2) is 9.76. The van der Waals surface area contributed by atoms with Crippen LogP contribution < -0.4 is 4.74 Å². The first-order chi connectivity index (χ1) is 11.7. The Morgan fingerprint density at radius 2 is 1.79 bits per heavy atom. The predicted molar refractivity (Wildman–Crippen MR) is 100 cm³/mol. The highest BCUT2D eigenvalue weighted by Crippen LogP contribution is 2.18. The number of rotatable bonds is 9. The van der Waals surface area contributed by atoms with Crippen LogP contribution in [0, 0.1) is 0 Å². The van der Waals surface area contributed by atoms with Gasteiger partial charge in [-0.25, -0.2) is 0 Å². The van der Waals surface area contributed by atoms with Crippen molar-refractivity contribution in [2.45, 2.75) is 46.0 Å². The van der Waals surface area contributed by atoms with E-state index in [1.807, 2.05) is 24.3 Å². The summed E-state index contributed by atoms with van der Waals surface area (Å²) in [6.45, 7) is 5.04. The summed E-state index contributed by atoms with van der Waals surface area (Å²) in [6.07, 6.45) is 8.99. The van der Waals surface area contributed by atoms with Gasteiger partial charge in [-0.3, -0.25) is 4.98 Å². The largest absolute Gasteiger partial charge is 0.507 e. The number of aryl methyl sites for hydroxylation is 1. The molecule has 0 aliphatic rings. The van der Waals surface area contributed by atoms with E-state index in [1.54, 1.807) is 12.3 Å². The van der Waals surface area contributed by atoms with Gasteiger partial charge in [0.25, 0.3) is 0 Å². The first-order valence-corrected chi connectivity index (χ1v) is 8.81. The number of unbranched alkanes of at least 4 members (excludes halogenated alkanes) is 2. The highest BCUT2D eigenvalue weighted by molar-refractivity contribution is 5.75. The molecule has 2 aromatic rings. The highest BCUT2D eigenvalue weighted by atomic mass is 16.5. The van der Waals surface area contributed by atoms with Crippen molar-refractivity contribution in [2.75, 3.05) is 6.61 Å². The fourth-order valence-corrected chi connectivity index (χ4v) is 2.34. The quantitative estimate of drug-likeness (QED) is 0.478. The first-order valence-electron chi connectivity index (χ1n) is 8.81. The Labute approximate surface area is 145 Å². The molecule has 1 aromatic carbocycles. The van der Waals surface area contributed by atoms with Gasteiger partial charge in [-0.1, -0.05) is 51.0 Å². The summed E-state index contributed by atoms with van der Waals surface area (Å²) in [4.78, 5) is 4.32. The third kappa shape index (κ3) is 5.73. The van der Waals surface area contributed by atoms with Crippen molar-refractivity contribution in [3.63, 3.8) is 0 Å². The zero-order chi connectivity index (χ0) is 17.2. The van der Waals surface area contributed by atoms with Crippen LogP contribution in [0.4, 0.5) is 0 Å². The number of aromatic nitrogens is 1. The van der Waals surface area contributed by atoms with E-state index < -0.39 is 0 Å². The maximum absolute atomic E-state index is 10.3. The zero-order valence-corrected chi connectivity index (χ0v) is 14.7. The van der Waals surface area contributed by atoms with E-state index >= 15 is 0 Å². The van der Waals surface area contributed by atoms with Gasteiger partial charge in [-0.2, -0.15) is 0 Å². The van der Waals surface area contributed by atoms with Crippen molar-refractivity contribution in [2.24, 2.45) is 0 Å². The van der Waals surface area contributed by atoms with E-state index in [-0.39, 0.29) is 5.76 Å².